The zero-order chi connectivity index (χ0) is 21.7. The first-order valence-corrected chi connectivity index (χ1v) is 8.78. The van der Waals surface area contributed by atoms with Gasteiger partial charge in [0.1, 0.15) is 5.82 Å². The van der Waals surface area contributed by atoms with Crippen molar-refractivity contribution in [2.75, 3.05) is 6.61 Å². The zero-order valence-corrected chi connectivity index (χ0v) is 15.9. The number of ether oxygens (including phenoxy) is 1. The molecule has 29 heavy (non-hydrogen) atoms. The number of rotatable bonds is 7. The third-order valence-electron chi connectivity index (χ3n) is 3.87. The van der Waals surface area contributed by atoms with Crippen LogP contribution in [0.2, 0.25) is 5.02 Å². The predicted molar refractivity (Wildman–Crippen MR) is 97.6 cm³/mol. The van der Waals surface area contributed by atoms with Crippen LogP contribution in [-0.4, -0.2) is 30.3 Å². The van der Waals surface area contributed by atoms with Gasteiger partial charge in [-0.1, -0.05) is 29.8 Å². The number of hydrogen-bond donors (Lipinski definition) is 2. The summed E-state index contributed by atoms with van der Waals surface area (Å²) < 4.78 is 59.6. The molecule has 1 unspecified atom stereocenters. The van der Waals surface area contributed by atoms with Gasteiger partial charge in [0, 0.05) is 17.1 Å². The molecule has 0 aliphatic heterocycles. The van der Waals surface area contributed by atoms with Gasteiger partial charge < -0.3 is 10.1 Å². The highest BCUT2D eigenvalue weighted by atomic mass is 35.5. The second-order valence-corrected chi connectivity index (χ2v) is 6.35. The normalized spacial score (nSPS) is 13.4. The summed E-state index contributed by atoms with van der Waals surface area (Å²) in [7, 11) is 0. The van der Waals surface area contributed by atoms with Gasteiger partial charge in [0.15, 0.2) is 0 Å². The summed E-state index contributed by atoms with van der Waals surface area (Å²) in [5.74, 6) is -3.50. The van der Waals surface area contributed by atoms with Crippen LogP contribution >= 0.6 is 11.6 Å². The van der Waals surface area contributed by atoms with E-state index in [9.17, 15) is 27.2 Å². The van der Waals surface area contributed by atoms with Crippen LogP contribution < -0.4 is 10.6 Å². The van der Waals surface area contributed by atoms with Gasteiger partial charge in [-0.15, -0.1) is 0 Å². The Balaban J connectivity index is 2.40. The fourth-order valence-electron chi connectivity index (χ4n) is 2.40. The molecule has 0 saturated carbocycles. The van der Waals surface area contributed by atoms with Crippen molar-refractivity contribution in [3.8, 4) is 0 Å². The number of alkyl halides is 3. The summed E-state index contributed by atoms with van der Waals surface area (Å²) in [5.41, 5.74) is -3.46. The molecule has 2 aromatic carbocycles. The fraction of sp³-hybridized carbons (Fsp3) is 0.263. The van der Waals surface area contributed by atoms with Gasteiger partial charge in [-0.05, 0) is 42.8 Å². The van der Waals surface area contributed by atoms with Crippen molar-refractivity contribution in [2.45, 2.75) is 25.3 Å². The largest absolute Gasteiger partial charge is 0.463 e. The SMILES string of the molecule is CCOC(=O)C(NCc1ccc(F)cc1)(NC(=O)c1cccc(Cl)c1)C(F)(F)F. The smallest absolute Gasteiger partial charge is 0.436 e. The Morgan fingerprint density at radius 3 is 2.31 bits per heavy atom. The highest BCUT2D eigenvalue weighted by Gasteiger charge is 2.63. The van der Waals surface area contributed by atoms with E-state index in [2.05, 4.69) is 4.74 Å². The maximum Gasteiger partial charge on any atom is 0.436 e. The van der Waals surface area contributed by atoms with Crippen LogP contribution in [0, 0.1) is 5.82 Å². The van der Waals surface area contributed by atoms with Crippen molar-refractivity contribution in [3.05, 3.63) is 70.5 Å². The minimum Gasteiger partial charge on any atom is -0.463 e. The van der Waals surface area contributed by atoms with Gasteiger partial charge >= 0.3 is 12.1 Å². The number of halogens is 5. The fourth-order valence-corrected chi connectivity index (χ4v) is 2.59. The summed E-state index contributed by atoms with van der Waals surface area (Å²) in [5, 5.41) is 3.85. The lowest BCUT2D eigenvalue weighted by Gasteiger charge is -2.35. The van der Waals surface area contributed by atoms with E-state index < -0.39 is 36.1 Å². The zero-order valence-electron chi connectivity index (χ0n) is 15.1. The predicted octanol–water partition coefficient (Wildman–Crippen LogP) is 3.82. The average molecular weight is 433 g/mol. The Hall–Kier alpha value is -2.65. The second-order valence-electron chi connectivity index (χ2n) is 5.91. The first-order valence-electron chi connectivity index (χ1n) is 8.40. The number of esters is 1. The quantitative estimate of drug-likeness (QED) is 0.396. The summed E-state index contributed by atoms with van der Waals surface area (Å²) in [6.07, 6.45) is -5.26. The molecule has 0 bridgehead atoms. The van der Waals surface area contributed by atoms with Gasteiger partial charge in [0.2, 0.25) is 0 Å². The van der Waals surface area contributed by atoms with Crippen LogP contribution in [0.5, 0.6) is 0 Å². The van der Waals surface area contributed by atoms with Crippen LogP contribution in [0.1, 0.15) is 22.8 Å². The first kappa shape index (κ1) is 22.6. The molecule has 0 heterocycles. The molecule has 0 aliphatic rings. The van der Waals surface area contributed by atoms with Crippen molar-refractivity contribution < 1.29 is 31.9 Å². The van der Waals surface area contributed by atoms with E-state index in [1.165, 1.54) is 37.3 Å². The van der Waals surface area contributed by atoms with Crippen LogP contribution in [0.15, 0.2) is 48.5 Å². The van der Waals surface area contributed by atoms with E-state index in [1.807, 2.05) is 5.32 Å². The molecular weight excluding hydrogens is 416 g/mol. The minimum absolute atomic E-state index is 0.130. The van der Waals surface area contributed by atoms with Gasteiger partial charge in [-0.2, -0.15) is 13.2 Å². The van der Waals surface area contributed by atoms with Crippen LogP contribution in [0.4, 0.5) is 17.6 Å². The van der Waals surface area contributed by atoms with Gasteiger partial charge in [-0.25, -0.2) is 9.18 Å². The third kappa shape index (κ3) is 5.45. The van der Waals surface area contributed by atoms with Crippen molar-refractivity contribution in [3.63, 3.8) is 0 Å². The Labute approximate surface area is 169 Å². The van der Waals surface area contributed by atoms with Gasteiger partial charge in [0.05, 0.1) is 6.61 Å². The second kappa shape index (κ2) is 9.23. The number of hydrogen-bond acceptors (Lipinski definition) is 4. The van der Waals surface area contributed by atoms with E-state index in [4.69, 9.17) is 11.6 Å². The highest BCUT2D eigenvalue weighted by molar-refractivity contribution is 6.31. The molecular formula is C19H17ClF4N2O3. The van der Waals surface area contributed by atoms with Gasteiger partial charge in [0.25, 0.3) is 11.6 Å². The molecule has 2 rings (SSSR count). The van der Waals surface area contributed by atoms with E-state index in [0.717, 1.165) is 18.2 Å². The molecule has 0 aliphatic carbocycles. The molecule has 2 aromatic rings. The lowest BCUT2D eigenvalue weighted by molar-refractivity contribution is -0.219. The lowest BCUT2D eigenvalue weighted by atomic mass is 10.1. The molecule has 0 spiro atoms. The highest BCUT2D eigenvalue weighted by Crippen LogP contribution is 2.31. The summed E-state index contributed by atoms with van der Waals surface area (Å²) in [6.45, 7) is 0.480. The maximum absolute atomic E-state index is 14.0. The number of carbonyl (C=O) groups is 2. The average Bonchev–Trinajstić information content (AvgIpc) is 2.65. The monoisotopic (exact) mass is 432 g/mol. The van der Waals surface area contributed by atoms with Crippen molar-refractivity contribution in [1.29, 1.82) is 0 Å². The topological polar surface area (TPSA) is 67.4 Å². The van der Waals surface area contributed by atoms with E-state index >= 15 is 0 Å². The molecule has 1 atom stereocenters. The van der Waals surface area contributed by atoms with Crippen LogP contribution in [0.3, 0.4) is 0 Å². The Morgan fingerprint density at radius 1 is 1.10 bits per heavy atom. The molecule has 2 N–H and O–H groups in total. The van der Waals surface area contributed by atoms with E-state index in [1.54, 1.807) is 5.32 Å². The van der Waals surface area contributed by atoms with E-state index in [0.29, 0.717) is 0 Å². The van der Waals surface area contributed by atoms with Crippen LogP contribution in [-0.2, 0) is 16.1 Å². The summed E-state index contributed by atoms with van der Waals surface area (Å²) in [4.78, 5) is 24.8. The molecule has 5 nitrogen and oxygen atoms in total. The Morgan fingerprint density at radius 2 is 1.76 bits per heavy atom. The number of carbonyl (C=O) groups excluding carboxylic acids is 2. The van der Waals surface area contributed by atoms with Crippen LogP contribution in [0.25, 0.3) is 0 Å². The number of benzene rings is 2. The molecule has 1 amide bonds. The van der Waals surface area contributed by atoms with Crippen molar-refractivity contribution >= 4 is 23.5 Å². The lowest BCUT2D eigenvalue weighted by Crippen LogP contribution is -2.72. The third-order valence-corrected chi connectivity index (χ3v) is 4.10. The molecule has 0 radical (unpaired) electrons. The molecule has 0 fully saturated rings. The summed E-state index contributed by atoms with van der Waals surface area (Å²) in [6, 6.07) is 9.82. The summed E-state index contributed by atoms with van der Waals surface area (Å²) >= 11 is 5.78. The molecule has 156 valence electrons. The Bertz CT molecular complexity index is 875. The number of nitrogens with one attached hydrogen (secondary N) is 2. The number of amides is 1. The molecule has 0 saturated heterocycles. The minimum atomic E-state index is -5.26. The molecule has 10 heteroatoms. The first-order chi connectivity index (χ1) is 13.6. The standard InChI is InChI=1S/C19H17ClF4N2O3/c1-2-29-17(28)18(19(22,23)24,25-11-12-6-8-15(21)9-7-12)26-16(27)13-4-3-5-14(20)10-13/h3-10,25H,2,11H2,1H3,(H,26,27). The Kier molecular flexibility index (Phi) is 7.21. The van der Waals surface area contributed by atoms with Crippen molar-refractivity contribution in [1.82, 2.24) is 10.6 Å². The van der Waals surface area contributed by atoms with Crippen molar-refractivity contribution in [2.24, 2.45) is 0 Å². The maximum atomic E-state index is 14.0. The van der Waals surface area contributed by atoms with E-state index in [-0.39, 0.29) is 22.8 Å². The molecule has 0 aromatic heterocycles. The van der Waals surface area contributed by atoms with Gasteiger partial charge in [-0.3, -0.25) is 10.1 Å².